The molecule has 0 atom stereocenters. The van der Waals surface area contributed by atoms with Gasteiger partial charge in [-0.25, -0.2) is 4.57 Å². The third-order valence-electron chi connectivity index (χ3n) is 1.15. The molecule has 5 nitrogen and oxygen atoms in total. The van der Waals surface area contributed by atoms with Gasteiger partial charge in [-0.2, -0.15) is 0 Å². The second-order valence-electron chi connectivity index (χ2n) is 2.10. The van der Waals surface area contributed by atoms with E-state index in [0.717, 1.165) is 0 Å². The molecule has 0 saturated heterocycles. The number of Topliss-reactive ketones (excluding diaryl/α,β-unsaturated/α-hetero) is 1. The Bertz CT molecular complexity index is 182. The van der Waals surface area contributed by atoms with Gasteiger partial charge >= 0.3 is 7.82 Å². The molecular weight excluding hydrogens is 183 g/mol. The summed E-state index contributed by atoms with van der Waals surface area (Å²) < 4.78 is 24.8. The van der Waals surface area contributed by atoms with Crippen molar-refractivity contribution in [3.63, 3.8) is 0 Å². The molecule has 0 rings (SSSR count). The topological polar surface area (TPSA) is 61.8 Å². The Kier molecular flexibility index (Phi) is 5.33. The summed E-state index contributed by atoms with van der Waals surface area (Å²) in [6.45, 7) is 1.47. The van der Waals surface area contributed by atoms with Gasteiger partial charge in [0, 0.05) is 20.6 Å². The highest BCUT2D eigenvalue weighted by Crippen LogP contribution is 2.47. The maximum absolute atomic E-state index is 11.2. The van der Waals surface area contributed by atoms with E-state index in [-0.39, 0.29) is 18.8 Å². The molecule has 0 saturated carbocycles. The molecule has 12 heavy (non-hydrogen) atoms. The third-order valence-corrected chi connectivity index (χ3v) is 2.54. The van der Waals surface area contributed by atoms with E-state index in [0.29, 0.717) is 0 Å². The van der Waals surface area contributed by atoms with Crippen molar-refractivity contribution < 1.29 is 22.9 Å². The molecular formula is C6H13O5P. The molecule has 0 heterocycles. The van der Waals surface area contributed by atoms with Crippen molar-refractivity contribution in [2.24, 2.45) is 0 Å². The molecule has 0 aliphatic rings. The largest absolute Gasteiger partial charge is 0.474 e. The van der Waals surface area contributed by atoms with Gasteiger partial charge in [0.05, 0.1) is 6.61 Å². The van der Waals surface area contributed by atoms with Crippen LogP contribution in [0.5, 0.6) is 0 Å². The fraction of sp³-hybridized carbons (Fsp3) is 0.833. The van der Waals surface area contributed by atoms with Crippen LogP contribution in [-0.2, 0) is 22.9 Å². The average molecular weight is 196 g/mol. The molecule has 0 radical (unpaired) electrons. The Morgan fingerprint density at radius 1 is 1.33 bits per heavy atom. The highest BCUT2D eigenvalue weighted by Gasteiger charge is 2.22. The fourth-order valence-electron chi connectivity index (χ4n) is 0.481. The normalized spacial score (nSPS) is 11.6. The first-order chi connectivity index (χ1) is 5.54. The maximum atomic E-state index is 11.2. The van der Waals surface area contributed by atoms with Crippen LogP contribution in [0, 0.1) is 0 Å². The lowest BCUT2D eigenvalue weighted by Crippen LogP contribution is -2.01. The van der Waals surface area contributed by atoms with Crippen LogP contribution in [0.1, 0.15) is 13.3 Å². The van der Waals surface area contributed by atoms with Gasteiger partial charge in [0.25, 0.3) is 0 Å². The summed E-state index contributed by atoms with van der Waals surface area (Å²) in [6, 6.07) is 0. The zero-order chi connectivity index (χ0) is 9.61. The van der Waals surface area contributed by atoms with Crippen molar-refractivity contribution in [2.75, 3.05) is 20.8 Å². The zero-order valence-corrected chi connectivity index (χ0v) is 8.30. The molecule has 0 aromatic rings. The maximum Gasteiger partial charge on any atom is 0.474 e. The number of carbonyl (C=O) groups is 1. The molecule has 0 spiro atoms. The minimum Gasteiger partial charge on any atom is -0.300 e. The highest BCUT2D eigenvalue weighted by atomic mass is 31.2. The first-order valence-corrected chi connectivity index (χ1v) is 4.85. The van der Waals surface area contributed by atoms with E-state index in [1.807, 2.05) is 0 Å². The van der Waals surface area contributed by atoms with Crippen molar-refractivity contribution in [1.82, 2.24) is 0 Å². The quantitative estimate of drug-likeness (QED) is 0.600. The molecule has 6 heteroatoms. The van der Waals surface area contributed by atoms with Gasteiger partial charge in [-0.3, -0.25) is 18.4 Å². The van der Waals surface area contributed by atoms with Gasteiger partial charge in [-0.15, -0.1) is 0 Å². The van der Waals surface area contributed by atoms with E-state index in [1.54, 1.807) is 0 Å². The van der Waals surface area contributed by atoms with Gasteiger partial charge in [-0.1, -0.05) is 0 Å². The smallest absolute Gasteiger partial charge is 0.300 e. The minimum absolute atomic E-state index is 0.0336. The summed E-state index contributed by atoms with van der Waals surface area (Å²) in [5.74, 6) is -0.0336. The number of hydrogen-bond acceptors (Lipinski definition) is 5. The van der Waals surface area contributed by atoms with E-state index in [1.165, 1.54) is 21.1 Å². The number of ketones is 1. The lowest BCUT2D eigenvalue weighted by atomic mass is 10.3. The average Bonchev–Trinajstić information content (AvgIpc) is 2.03. The van der Waals surface area contributed by atoms with Crippen molar-refractivity contribution in [3.05, 3.63) is 0 Å². The SMILES string of the molecule is COP(=O)(OC)OCCC(C)=O. The van der Waals surface area contributed by atoms with Crippen molar-refractivity contribution >= 4 is 13.6 Å². The Morgan fingerprint density at radius 3 is 2.17 bits per heavy atom. The van der Waals surface area contributed by atoms with Crippen LogP contribution in [0.15, 0.2) is 0 Å². The van der Waals surface area contributed by atoms with E-state index >= 15 is 0 Å². The Hall–Kier alpha value is -0.220. The first kappa shape index (κ1) is 11.8. The van der Waals surface area contributed by atoms with Gasteiger partial charge in [0.2, 0.25) is 0 Å². The van der Waals surface area contributed by atoms with Crippen LogP contribution in [-0.4, -0.2) is 26.6 Å². The number of phosphoric ester groups is 1. The van der Waals surface area contributed by atoms with Crippen molar-refractivity contribution in [1.29, 1.82) is 0 Å². The first-order valence-electron chi connectivity index (χ1n) is 3.39. The van der Waals surface area contributed by atoms with E-state index in [9.17, 15) is 9.36 Å². The molecule has 0 fully saturated rings. The van der Waals surface area contributed by atoms with Gasteiger partial charge in [0.1, 0.15) is 5.78 Å². The molecule has 0 amide bonds. The Morgan fingerprint density at radius 2 is 1.83 bits per heavy atom. The summed E-state index contributed by atoms with van der Waals surface area (Å²) in [5.41, 5.74) is 0. The predicted molar refractivity (Wildman–Crippen MR) is 42.9 cm³/mol. The van der Waals surface area contributed by atoms with Gasteiger partial charge < -0.3 is 0 Å². The molecule has 0 bridgehead atoms. The lowest BCUT2D eigenvalue weighted by Gasteiger charge is -2.11. The lowest BCUT2D eigenvalue weighted by molar-refractivity contribution is -0.117. The van der Waals surface area contributed by atoms with Crippen LogP contribution in [0.2, 0.25) is 0 Å². The standard InChI is InChI=1S/C6H13O5P/c1-6(7)4-5-11-12(8,9-2)10-3/h4-5H2,1-3H3. The van der Waals surface area contributed by atoms with Crippen LogP contribution in [0.3, 0.4) is 0 Å². The monoisotopic (exact) mass is 196 g/mol. The minimum atomic E-state index is -3.39. The molecule has 0 aromatic heterocycles. The Balaban J connectivity index is 3.74. The van der Waals surface area contributed by atoms with E-state index in [2.05, 4.69) is 9.05 Å². The molecule has 0 unspecified atom stereocenters. The summed E-state index contributed by atoms with van der Waals surface area (Å²) in [4.78, 5) is 10.5. The third kappa shape index (κ3) is 4.62. The van der Waals surface area contributed by atoms with E-state index < -0.39 is 7.82 Å². The Labute approximate surface area is 71.6 Å². The van der Waals surface area contributed by atoms with Crippen LogP contribution in [0.4, 0.5) is 0 Å². The van der Waals surface area contributed by atoms with Crippen molar-refractivity contribution in [3.8, 4) is 0 Å². The number of rotatable bonds is 6. The van der Waals surface area contributed by atoms with Crippen LogP contribution < -0.4 is 0 Å². The summed E-state index contributed by atoms with van der Waals surface area (Å²) in [6.07, 6.45) is 0.205. The summed E-state index contributed by atoms with van der Waals surface area (Å²) in [7, 11) is -0.949. The molecule has 72 valence electrons. The molecule has 0 N–H and O–H groups in total. The number of phosphoric acid groups is 1. The van der Waals surface area contributed by atoms with Crippen molar-refractivity contribution in [2.45, 2.75) is 13.3 Å². The summed E-state index contributed by atoms with van der Waals surface area (Å²) >= 11 is 0. The zero-order valence-electron chi connectivity index (χ0n) is 7.40. The number of hydrogen-bond donors (Lipinski definition) is 0. The predicted octanol–water partition coefficient (Wildman–Crippen LogP) is 1.38. The van der Waals surface area contributed by atoms with Crippen LogP contribution in [0.25, 0.3) is 0 Å². The number of carbonyl (C=O) groups excluding carboxylic acids is 1. The molecule has 0 aliphatic heterocycles. The van der Waals surface area contributed by atoms with Gasteiger partial charge in [0.15, 0.2) is 0 Å². The molecule has 0 aromatic carbocycles. The van der Waals surface area contributed by atoms with E-state index in [4.69, 9.17) is 4.52 Å². The second kappa shape index (κ2) is 5.43. The fourth-order valence-corrected chi connectivity index (χ4v) is 1.16. The van der Waals surface area contributed by atoms with Crippen LogP contribution >= 0.6 is 7.82 Å². The second-order valence-corrected chi connectivity index (χ2v) is 3.98. The van der Waals surface area contributed by atoms with Gasteiger partial charge in [-0.05, 0) is 6.92 Å². The highest BCUT2D eigenvalue weighted by molar-refractivity contribution is 7.48. The molecule has 0 aliphatic carbocycles. The summed E-state index contributed by atoms with van der Waals surface area (Å²) in [5, 5.41) is 0.